The Bertz CT molecular complexity index is 1000. The molecular weight excluding hydrogens is 440 g/mol. The fraction of sp³-hybridized carbons (Fsp3) is 0.286. The second kappa shape index (κ2) is 9.17. The molecule has 3 N–H and O–H groups in total. The third kappa shape index (κ3) is 4.48. The molecule has 0 unspecified atom stereocenters. The summed E-state index contributed by atoms with van der Waals surface area (Å²) in [7, 11) is 6.79. The number of halogens is 1. The molecule has 2 saturated heterocycles. The maximum atomic E-state index is 12.4. The fourth-order valence-electron chi connectivity index (χ4n) is 3.63. The first-order valence-electron chi connectivity index (χ1n) is 9.79. The average Bonchev–Trinajstić information content (AvgIpc) is 3.33. The summed E-state index contributed by atoms with van der Waals surface area (Å²) in [6.45, 7) is 1.07. The highest BCUT2D eigenvalue weighted by atomic mass is 35.7. The molecule has 10 heteroatoms. The van der Waals surface area contributed by atoms with Gasteiger partial charge in [-0.15, -0.1) is 0 Å². The van der Waals surface area contributed by atoms with E-state index in [2.05, 4.69) is 5.32 Å². The Morgan fingerprint density at radius 2 is 1.81 bits per heavy atom. The zero-order valence-electron chi connectivity index (χ0n) is 16.5. The van der Waals surface area contributed by atoms with Crippen LogP contribution in [0.3, 0.4) is 0 Å². The molecule has 0 spiro atoms. The van der Waals surface area contributed by atoms with Crippen LogP contribution in [0.25, 0.3) is 0 Å². The number of amides is 3. The van der Waals surface area contributed by atoms with Gasteiger partial charge >= 0.3 is 6.09 Å². The lowest BCUT2D eigenvalue weighted by molar-refractivity contribution is -0.118. The molecule has 2 atom stereocenters. The van der Waals surface area contributed by atoms with Crippen LogP contribution >= 0.6 is 21.7 Å². The summed E-state index contributed by atoms with van der Waals surface area (Å²) in [6, 6.07) is 13.7. The van der Waals surface area contributed by atoms with Crippen LogP contribution in [0, 0.1) is 0 Å². The van der Waals surface area contributed by atoms with Gasteiger partial charge < -0.3 is 20.7 Å². The zero-order chi connectivity index (χ0) is 22.0. The third-order valence-corrected chi connectivity index (χ3v) is 6.32. The SMILES string of the molecule is N[C@@H]1CCN(c2ccc(N3C[C@H](CNC(=O)c4ccccc4SCl)OC3=O)cc2)C1=O. The van der Waals surface area contributed by atoms with Gasteiger partial charge in [0.25, 0.3) is 5.91 Å². The molecule has 2 aliphatic heterocycles. The van der Waals surface area contributed by atoms with Crippen LogP contribution in [0.15, 0.2) is 53.4 Å². The third-order valence-electron chi connectivity index (χ3n) is 5.30. The molecule has 0 aromatic heterocycles. The lowest BCUT2D eigenvalue weighted by Gasteiger charge is -2.18. The van der Waals surface area contributed by atoms with Crippen molar-refractivity contribution in [3.63, 3.8) is 0 Å². The molecule has 2 heterocycles. The predicted octanol–water partition coefficient (Wildman–Crippen LogP) is 2.75. The number of anilines is 2. The number of nitrogens with one attached hydrogen (secondary N) is 1. The van der Waals surface area contributed by atoms with Gasteiger partial charge in [0.15, 0.2) is 0 Å². The highest BCUT2D eigenvalue weighted by Crippen LogP contribution is 2.28. The monoisotopic (exact) mass is 460 g/mol. The van der Waals surface area contributed by atoms with Crippen LogP contribution in [0.4, 0.5) is 16.2 Å². The molecular formula is C21H21ClN4O4S. The Labute approximate surface area is 188 Å². The van der Waals surface area contributed by atoms with Gasteiger partial charge in [-0.25, -0.2) is 4.79 Å². The van der Waals surface area contributed by atoms with Crippen molar-refractivity contribution < 1.29 is 19.1 Å². The quantitative estimate of drug-likeness (QED) is 0.686. The number of cyclic esters (lactones) is 1. The second-order valence-corrected chi connectivity index (χ2v) is 8.36. The van der Waals surface area contributed by atoms with Gasteiger partial charge in [0.1, 0.15) is 6.10 Å². The smallest absolute Gasteiger partial charge is 0.414 e. The number of hydrogen-bond donors (Lipinski definition) is 2. The van der Waals surface area contributed by atoms with Crippen molar-refractivity contribution in [3.05, 3.63) is 54.1 Å². The number of benzene rings is 2. The van der Waals surface area contributed by atoms with Crippen LogP contribution in [-0.2, 0) is 9.53 Å². The molecule has 31 heavy (non-hydrogen) atoms. The molecule has 0 aliphatic carbocycles. The second-order valence-electron chi connectivity index (χ2n) is 7.30. The van der Waals surface area contributed by atoms with Crippen LogP contribution in [-0.4, -0.2) is 49.7 Å². The number of carbonyl (C=O) groups excluding carboxylic acids is 3. The number of carbonyl (C=O) groups is 3. The minimum absolute atomic E-state index is 0.0988. The van der Waals surface area contributed by atoms with Gasteiger partial charge in [-0.1, -0.05) is 12.1 Å². The molecule has 0 bridgehead atoms. The van der Waals surface area contributed by atoms with E-state index in [1.54, 1.807) is 53.4 Å². The standard InChI is InChI=1S/C21H21ClN4O4S/c22-31-18-4-2-1-3-16(18)19(27)24-11-15-12-26(21(29)30-15)14-7-5-13(6-8-14)25-10-9-17(23)20(25)28/h1-8,15,17H,9-12,23H2,(H,24,27)/t15-,17+/m0/s1. The molecule has 162 valence electrons. The summed E-state index contributed by atoms with van der Waals surface area (Å²) in [4.78, 5) is 40.7. The maximum absolute atomic E-state index is 12.4. The van der Waals surface area contributed by atoms with E-state index in [0.717, 1.165) is 16.7 Å². The Morgan fingerprint density at radius 1 is 1.13 bits per heavy atom. The van der Waals surface area contributed by atoms with Crippen molar-refractivity contribution in [1.29, 1.82) is 0 Å². The van der Waals surface area contributed by atoms with Crippen molar-refractivity contribution in [2.24, 2.45) is 5.73 Å². The molecule has 4 rings (SSSR count). The first-order chi connectivity index (χ1) is 15.0. The number of nitrogens with zero attached hydrogens (tertiary/aromatic N) is 2. The van der Waals surface area contributed by atoms with Gasteiger partial charge in [-0.05, 0) is 64.5 Å². The predicted molar refractivity (Wildman–Crippen MR) is 119 cm³/mol. The summed E-state index contributed by atoms with van der Waals surface area (Å²) < 4.78 is 5.39. The highest BCUT2D eigenvalue weighted by molar-refractivity contribution is 8.21. The highest BCUT2D eigenvalue weighted by Gasteiger charge is 2.33. The van der Waals surface area contributed by atoms with Gasteiger partial charge in [-0.3, -0.25) is 14.5 Å². The van der Waals surface area contributed by atoms with Gasteiger partial charge in [-0.2, -0.15) is 0 Å². The minimum atomic E-state index is -0.483. The minimum Gasteiger partial charge on any atom is -0.442 e. The largest absolute Gasteiger partial charge is 0.442 e. The van der Waals surface area contributed by atoms with Gasteiger partial charge in [0.2, 0.25) is 5.91 Å². The summed E-state index contributed by atoms with van der Waals surface area (Å²) in [5, 5.41) is 2.79. The van der Waals surface area contributed by atoms with Crippen LogP contribution in [0.2, 0.25) is 0 Å². The maximum Gasteiger partial charge on any atom is 0.414 e. The van der Waals surface area contributed by atoms with Crippen molar-refractivity contribution >= 4 is 50.9 Å². The molecule has 0 saturated carbocycles. The van der Waals surface area contributed by atoms with Crippen LogP contribution in [0.5, 0.6) is 0 Å². The van der Waals surface area contributed by atoms with Crippen molar-refractivity contribution in [2.75, 3.05) is 29.4 Å². The Kier molecular flexibility index (Phi) is 6.35. The molecule has 2 aromatic rings. The summed E-state index contributed by atoms with van der Waals surface area (Å²) >= 11 is 0. The normalized spacial score (nSPS) is 20.8. The number of ether oxygens (including phenoxy) is 1. The molecule has 3 amide bonds. The van der Waals surface area contributed by atoms with E-state index < -0.39 is 18.2 Å². The fourth-order valence-corrected chi connectivity index (χ4v) is 4.41. The van der Waals surface area contributed by atoms with Crippen molar-refractivity contribution in [1.82, 2.24) is 5.32 Å². The Morgan fingerprint density at radius 3 is 2.45 bits per heavy atom. The lowest BCUT2D eigenvalue weighted by atomic mass is 10.2. The number of rotatable bonds is 6. The van der Waals surface area contributed by atoms with E-state index in [1.807, 2.05) is 0 Å². The van der Waals surface area contributed by atoms with E-state index in [1.165, 1.54) is 4.90 Å². The topological polar surface area (TPSA) is 105 Å². The number of hydrogen-bond acceptors (Lipinski definition) is 6. The van der Waals surface area contributed by atoms with E-state index >= 15 is 0 Å². The molecule has 2 aromatic carbocycles. The van der Waals surface area contributed by atoms with Crippen molar-refractivity contribution in [2.45, 2.75) is 23.5 Å². The molecule has 2 aliphatic rings. The lowest BCUT2D eigenvalue weighted by Crippen LogP contribution is -2.35. The Balaban J connectivity index is 1.36. The average molecular weight is 461 g/mol. The summed E-state index contributed by atoms with van der Waals surface area (Å²) in [5.74, 6) is -0.380. The van der Waals surface area contributed by atoms with E-state index in [0.29, 0.717) is 35.7 Å². The van der Waals surface area contributed by atoms with Gasteiger partial charge in [0.05, 0.1) is 24.7 Å². The first-order valence-corrected chi connectivity index (χ1v) is 11.4. The Hall–Kier alpha value is -2.75. The zero-order valence-corrected chi connectivity index (χ0v) is 18.1. The summed E-state index contributed by atoms with van der Waals surface area (Å²) in [5.41, 5.74) is 7.64. The molecule has 2 fully saturated rings. The van der Waals surface area contributed by atoms with Crippen LogP contribution < -0.4 is 20.9 Å². The summed E-state index contributed by atoms with van der Waals surface area (Å²) in [6.07, 6.45) is -0.339. The van der Waals surface area contributed by atoms with Gasteiger partial charge in [0, 0.05) is 22.8 Å². The van der Waals surface area contributed by atoms with Crippen LogP contribution in [0.1, 0.15) is 16.8 Å². The molecule has 0 radical (unpaired) electrons. The van der Waals surface area contributed by atoms with E-state index in [4.69, 9.17) is 21.2 Å². The van der Waals surface area contributed by atoms with Crippen molar-refractivity contribution in [3.8, 4) is 0 Å². The molecule has 8 nitrogen and oxygen atoms in total. The number of nitrogens with two attached hydrogens (primary N) is 1. The first kappa shape index (κ1) is 21.5. The van der Waals surface area contributed by atoms with E-state index in [9.17, 15) is 14.4 Å². The van der Waals surface area contributed by atoms with E-state index in [-0.39, 0.29) is 18.4 Å².